The van der Waals surface area contributed by atoms with Crippen molar-refractivity contribution < 1.29 is 17.0 Å². The molecule has 1 aliphatic heterocycles. The van der Waals surface area contributed by atoms with E-state index in [-0.39, 0.29) is 17.4 Å². The summed E-state index contributed by atoms with van der Waals surface area (Å²) < 4.78 is 24.4. The van der Waals surface area contributed by atoms with Crippen LogP contribution in [0.4, 0.5) is 0 Å². The first-order valence-corrected chi connectivity index (χ1v) is 3.06. The Hall–Kier alpha value is -1.51. The summed E-state index contributed by atoms with van der Waals surface area (Å²) >= 11 is 0. The van der Waals surface area contributed by atoms with Gasteiger partial charge in [-0.05, 0) is 18.2 Å². The summed E-state index contributed by atoms with van der Waals surface area (Å²) in [5.41, 5.74) is 0.233. The number of carbonyl (C=O) groups excluding carboxylic acids is 1. The van der Waals surface area contributed by atoms with E-state index < -0.39 is 6.77 Å². The van der Waals surface area contributed by atoms with Gasteiger partial charge < -0.3 is 9.47 Å². The van der Waals surface area contributed by atoms with E-state index in [0.29, 0.717) is 12.0 Å². The number of hydrogen-bond acceptors (Lipinski definition) is 3. The summed E-state index contributed by atoms with van der Waals surface area (Å²) in [5.74, 6) is 0.514. The third-order valence-electron chi connectivity index (χ3n) is 1.36. The molecule has 1 unspecified atom stereocenters. The van der Waals surface area contributed by atoms with Crippen molar-refractivity contribution in [3.8, 4) is 11.5 Å². The van der Waals surface area contributed by atoms with Gasteiger partial charge in [-0.3, -0.25) is 4.79 Å². The lowest BCUT2D eigenvalue weighted by molar-refractivity contribution is 0.112. The Morgan fingerprint density at radius 1 is 1.55 bits per heavy atom. The fourth-order valence-electron chi connectivity index (χ4n) is 0.849. The zero-order valence-corrected chi connectivity index (χ0v) is 5.53. The van der Waals surface area contributed by atoms with Crippen LogP contribution in [0.1, 0.15) is 13.1 Å². The molecule has 1 aliphatic rings. The topological polar surface area (TPSA) is 35.5 Å². The number of carbonyl (C=O) groups is 1. The summed E-state index contributed by atoms with van der Waals surface area (Å²) in [6.07, 6.45) is 0.573. The van der Waals surface area contributed by atoms with E-state index in [1.54, 1.807) is 0 Å². The highest BCUT2D eigenvalue weighted by Gasteiger charge is 2.12. The summed E-state index contributed by atoms with van der Waals surface area (Å²) in [6.45, 7) is -1.12. The SMILES string of the molecule is [2H]c1c(C=O)ccc2c1OC([2H])O2. The van der Waals surface area contributed by atoms with E-state index in [1.807, 2.05) is 0 Å². The van der Waals surface area contributed by atoms with Gasteiger partial charge in [0.25, 0.3) is 0 Å². The average Bonchev–Trinajstić information content (AvgIpc) is 2.47. The summed E-state index contributed by atoms with van der Waals surface area (Å²) in [5, 5.41) is 0. The molecule has 0 fully saturated rings. The van der Waals surface area contributed by atoms with E-state index in [1.165, 1.54) is 12.1 Å². The van der Waals surface area contributed by atoms with Crippen LogP contribution in [-0.2, 0) is 0 Å². The first kappa shape index (κ1) is 4.38. The molecule has 0 saturated carbocycles. The minimum Gasteiger partial charge on any atom is -0.454 e. The minimum atomic E-state index is -1.12. The number of fused-ring (bicyclic) bond motifs is 1. The van der Waals surface area contributed by atoms with Gasteiger partial charge >= 0.3 is 0 Å². The van der Waals surface area contributed by atoms with Gasteiger partial charge in [0.15, 0.2) is 11.5 Å². The Balaban J connectivity index is 2.54. The molecule has 3 heteroatoms. The molecule has 0 amide bonds. The molecule has 1 atom stereocenters. The van der Waals surface area contributed by atoms with E-state index in [2.05, 4.69) is 0 Å². The van der Waals surface area contributed by atoms with Gasteiger partial charge in [0.1, 0.15) is 7.66 Å². The van der Waals surface area contributed by atoms with Crippen molar-refractivity contribution in [1.29, 1.82) is 0 Å². The summed E-state index contributed by atoms with van der Waals surface area (Å²) in [6, 6.07) is 2.96. The van der Waals surface area contributed by atoms with Crippen molar-refractivity contribution in [2.24, 2.45) is 0 Å². The zero-order valence-electron chi connectivity index (χ0n) is 7.53. The van der Waals surface area contributed by atoms with E-state index >= 15 is 0 Å². The van der Waals surface area contributed by atoms with Crippen LogP contribution >= 0.6 is 0 Å². The largest absolute Gasteiger partial charge is 0.454 e. The van der Waals surface area contributed by atoms with E-state index in [0.717, 1.165) is 0 Å². The fourth-order valence-corrected chi connectivity index (χ4v) is 0.849. The van der Waals surface area contributed by atoms with Crippen LogP contribution in [0.5, 0.6) is 11.5 Å². The van der Waals surface area contributed by atoms with Crippen LogP contribution in [0.3, 0.4) is 0 Å². The number of aldehydes is 1. The molecule has 0 aromatic heterocycles. The molecule has 1 aromatic rings. The maximum atomic E-state index is 10.4. The first-order chi connectivity index (χ1) is 6.22. The molecule has 1 heterocycles. The molecule has 0 radical (unpaired) electrons. The second-order valence-corrected chi connectivity index (χ2v) is 2.06. The van der Waals surface area contributed by atoms with Crippen molar-refractivity contribution in [2.45, 2.75) is 0 Å². The molecular formula is C8H6O3. The Labute approximate surface area is 66.4 Å². The lowest BCUT2D eigenvalue weighted by Gasteiger charge is -1.94. The zero-order chi connectivity index (χ0) is 9.42. The molecule has 1 aromatic carbocycles. The van der Waals surface area contributed by atoms with E-state index in [4.69, 9.17) is 12.2 Å². The average molecular weight is 152 g/mol. The highest BCUT2D eigenvalue weighted by molar-refractivity contribution is 5.76. The molecule has 0 spiro atoms. The van der Waals surface area contributed by atoms with Crippen molar-refractivity contribution in [3.05, 3.63) is 23.7 Å². The molecule has 0 aliphatic carbocycles. The maximum absolute atomic E-state index is 10.4. The summed E-state index contributed by atoms with van der Waals surface area (Å²) in [4.78, 5) is 10.4. The van der Waals surface area contributed by atoms with Crippen LogP contribution in [0, 0.1) is 0 Å². The lowest BCUT2D eigenvalue weighted by Crippen LogP contribution is -1.92. The lowest BCUT2D eigenvalue weighted by atomic mass is 10.2. The van der Waals surface area contributed by atoms with Gasteiger partial charge in [-0.25, -0.2) is 0 Å². The van der Waals surface area contributed by atoms with Crippen LogP contribution in [0.2, 0.25) is 0 Å². The predicted octanol–water partition coefficient (Wildman–Crippen LogP) is 1.23. The quantitative estimate of drug-likeness (QED) is 0.568. The molecule has 2 rings (SSSR count). The first-order valence-electron chi connectivity index (χ1n) is 4.14. The molecule has 11 heavy (non-hydrogen) atoms. The minimum absolute atomic E-state index is 0.0257. The fraction of sp³-hybridized carbons (Fsp3) is 0.125. The van der Waals surface area contributed by atoms with Gasteiger partial charge in [-0.1, -0.05) is 0 Å². The Morgan fingerprint density at radius 2 is 2.36 bits per heavy atom. The van der Waals surface area contributed by atoms with Crippen LogP contribution in [0.25, 0.3) is 0 Å². The monoisotopic (exact) mass is 152 g/mol. The Kier molecular flexibility index (Phi) is 0.904. The Morgan fingerprint density at radius 3 is 3.18 bits per heavy atom. The predicted molar refractivity (Wildman–Crippen MR) is 38.0 cm³/mol. The number of hydrogen-bond donors (Lipinski definition) is 0. The molecule has 0 bridgehead atoms. The van der Waals surface area contributed by atoms with Gasteiger partial charge in [-0.2, -0.15) is 0 Å². The molecule has 0 saturated heterocycles. The molecule has 3 nitrogen and oxygen atoms in total. The van der Waals surface area contributed by atoms with Crippen molar-refractivity contribution in [1.82, 2.24) is 0 Å². The second-order valence-electron chi connectivity index (χ2n) is 2.06. The third-order valence-corrected chi connectivity index (χ3v) is 1.36. The maximum Gasteiger partial charge on any atom is 0.231 e. The Bertz CT molecular complexity index is 365. The number of ether oxygens (including phenoxy) is 2. The van der Waals surface area contributed by atoms with Gasteiger partial charge in [0, 0.05) is 5.56 Å². The smallest absolute Gasteiger partial charge is 0.231 e. The van der Waals surface area contributed by atoms with Crippen LogP contribution < -0.4 is 9.47 Å². The van der Waals surface area contributed by atoms with Gasteiger partial charge in [0.05, 0.1) is 1.37 Å². The third kappa shape index (κ3) is 0.941. The van der Waals surface area contributed by atoms with Crippen LogP contribution in [-0.4, -0.2) is 13.1 Å². The van der Waals surface area contributed by atoms with Gasteiger partial charge in [0.2, 0.25) is 6.77 Å². The molecule has 0 N–H and O–H groups in total. The van der Waals surface area contributed by atoms with Crippen molar-refractivity contribution in [3.63, 3.8) is 0 Å². The molecule has 56 valence electrons. The number of rotatable bonds is 1. The standard InChI is InChI=1S/C8H6O3/c9-4-6-1-2-7-8(3-6)11-5-10-7/h1-4H,5H2/i3D,5D. The molecular weight excluding hydrogens is 144 g/mol. The van der Waals surface area contributed by atoms with E-state index in [9.17, 15) is 4.79 Å². The number of benzene rings is 1. The normalized spacial score (nSPS) is 22.4. The second kappa shape index (κ2) is 2.27. The van der Waals surface area contributed by atoms with Crippen molar-refractivity contribution in [2.75, 3.05) is 6.77 Å². The van der Waals surface area contributed by atoms with Gasteiger partial charge in [-0.15, -0.1) is 0 Å². The highest BCUT2D eigenvalue weighted by Crippen LogP contribution is 2.31. The summed E-state index contributed by atoms with van der Waals surface area (Å²) in [7, 11) is 0. The van der Waals surface area contributed by atoms with Crippen molar-refractivity contribution >= 4 is 6.29 Å². The van der Waals surface area contributed by atoms with Crippen LogP contribution in [0.15, 0.2) is 18.2 Å². The highest BCUT2D eigenvalue weighted by atomic mass is 16.7.